The number of carbonyl (C=O) groups excluding carboxylic acids is 1. The summed E-state index contributed by atoms with van der Waals surface area (Å²) in [5, 5.41) is 0. The highest BCUT2D eigenvalue weighted by atomic mass is 16.5. The molecule has 4 nitrogen and oxygen atoms in total. The third kappa shape index (κ3) is 2.67. The lowest BCUT2D eigenvalue weighted by molar-refractivity contribution is 0.0600. The average molecular weight is 264 g/mol. The zero-order valence-electron chi connectivity index (χ0n) is 11.7. The van der Waals surface area contributed by atoms with Crippen molar-refractivity contribution in [1.29, 1.82) is 0 Å². The molecule has 0 saturated heterocycles. The molecule has 1 saturated carbocycles. The predicted molar refractivity (Wildman–Crippen MR) is 72.1 cm³/mol. The first kappa shape index (κ1) is 13.7. The first-order valence-corrected chi connectivity index (χ1v) is 6.55. The molecule has 0 radical (unpaired) electrons. The first-order chi connectivity index (χ1) is 9.21. The largest absolute Gasteiger partial charge is 0.496 e. The van der Waals surface area contributed by atoms with Crippen LogP contribution < -0.4 is 9.47 Å². The highest BCUT2D eigenvalue weighted by molar-refractivity contribution is 5.90. The number of benzene rings is 1. The summed E-state index contributed by atoms with van der Waals surface area (Å²) < 4.78 is 15.6. The Morgan fingerprint density at radius 1 is 1.05 bits per heavy atom. The monoisotopic (exact) mass is 264 g/mol. The van der Waals surface area contributed by atoms with Crippen LogP contribution in [0.3, 0.4) is 0 Å². The van der Waals surface area contributed by atoms with E-state index in [0.29, 0.717) is 23.0 Å². The van der Waals surface area contributed by atoms with Crippen LogP contribution >= 0.6 is 0 Å². The minimum absolute atomic E-state index is 0.380. The van der Waals surface area contributed by atoms with Gasteiger partial charge in [-0.2, -0.15) is 0 Å². The van der Waals surface area contributed by atoms with E-state index in [4.69, 9.17) is 14.2 Å². The maximum Gasteiger partial charge on any atom is 0.338 e. The summed E-state index contributed by atoms with van der Waals surface area (Å²) in [4.78, 5) is 11.6. The van der Waals surface area contributed by atoms with Gasteiger partial charge in [0.1, 0.15) is 11.5 Å². The van der Waals surface area contributed by atoms with E-state index < -0.39 is 0 Å². The highest BCUT2D eigenvalue weighted by Crippen LogP contribution is 2.44. The fourth-order valence-corrected chi connectivity index (χ4v) is 2.79. The van der Waals surface area contributed by atoms with Crippen molar-refractivity contribution in [2.75, 3.05) is 21.3 Å². The third-order valence-electron chi connectivity index (χ3n) is 3.73. The molecule has 0 amide bonds. The fraction of sp³-hybridized carbons (Fsp3) is 0.533. The smallest absolute Gasteiger partial charge is 0.338 e. The second-order valence-electron chi connectivity index (χ2n) is 4.77. The molecule has 0 bridgehead atoms. The maximum atomic E-state index is 11.6. The number of methoxy groups -OCH3 is 3. The minimum Gasteiger partial charge on any atom is -0.496 e. The Morgan fingerprint density at radius 2 is 1.58 bits per heavy atom. The lowest BCUT2D eigenvalue weighted by Crippen LogP contribution is -2.06. The first-order valence-electron chi connectivity index (χ1n) is 6.55. The van der Waals surface area contributed by atoms with Crippen molar-refractivity contribution in [3.05, 3.63) is 23.3 Å². The lowest BCUT2D eigenvalue weighted by Gasteiger charge is -2.19. The molecule has 1 aliphatic carbocycles. The van der Waals surface area contributed by atoms with Gasteiger partial charge in [-0.25, -0.2) is 4.79 Å². The summed E-state index contributed by atoms with van der Waals surface area (Å²) in [6.07, 6.45) is 4.75. The van der Waals surface area contributed by atoms with Crippen LogP contribution in [0.4, 0.5) is 0 Å². The second-order valence-corrected chi connectivity index (χ2v) is 4.77. The minimum atomic E-state index is -0.380. The Hall–Kier alpha value is -1.71. The topological polar surface area (TPSA) is 44.8 Å². The van der Waals surface area contributed by atoms with Crippen LogP contribution in [-0.4, -0.2) is 27.3 Å². The summed E-state index contributed by atoms with van der Waals surface area (Å²) in [7, 11) is 4.61. The molecule has 0 spiro atoms. The van der Waals surface area contributed by atoms with Crippen LogP contribution in [0, 0.1) is 0 Å². The Balaban J connectivity index is 2.48. The van der Waals surface area contributed by atoms with Crippen LogP contribution in [0.15, 0.2) is 12.1 Å². The predicted octanol–water partition coefficient (Wildman–Crippen LogP) is 3.15. The van der Waals surface area contributed by atoms with Gasteiger partial charge < -0.3 is 14.2 Å². The van der Waals surface area contributed by atoms with Gasteiger partial charge in [0.2, 0.25) is 0 Å². The zero-order chi connectivity index (χ0) is 13.8. The van der Waals surface area contributed by atoms with E-state index in [2.05, 4.69) is 0 Å². The van der Waals surface area contributed by atoms with Crippen molar-refractivity contribution in [1.82, 2.24) is 0 Å². The van der Waals surface area contributed by atoms with Gasteiger partial charge in [-0.05, 0) is 30.9 Å². The molecule has 0 aliphatic heterocycles. The second kappa shape index (κ2) is 5.95. The van der Waals surface area contributed by atoms with Gasteiger partial charge in [-0.1, -0.05) is 12.8 Å². The SMILES string of the molecule is COC(=O)c1cc(OC)c(C2CCCC2)c(OC)c1. The van der Waals surface area contributed by atoms with Gasteiger partial charge in [0.15, 0.2) is 0 Å². The standard InChI is InChI=1S/C15H20O4/c1-17-12-8-11(15(16)19-3)9-13(18-2)14(12)10-6-4-5-7-10/h8-10H,4-7H2,1-3H3. The van der Waals surface area contributed by atoms with E-state index in [9.17, 15) is 4.79 Å². The quantitative estimate of drug-likeness (QED) is 0.784. The van der Waals surface area contributed by atoms with Crippen molar-refractivity contribution in [2.24, 2.45) is 0 Å². The molecule has 1 aromatic rings. The Labute approximate surface area is 113 Å². The molecule has 1 fully saturated rings. The summed E-state index contributed by atoms with van der Waals surface area (Å²) in [5.41, 5.74) is 1.54. The van der Waals surface area contributed by atoms with E-state index in [1.165, 1.54) is 20.0 Å². The van der Waals surface area contributed by atoms with Gasteiger partial charge >= 0.3 is 5.97 Å². The molecule has 2 rings (SSSR count). The molecular weight excluding hydrogens is 244 g/mol. The Bertz CT molecular complexity index is 436. The van der Waals surface area contributed by atoms with Gasteiger partial charge in [-0.3, -0.25) is 0 Å². The summed E-state index contributed by atoms with van der Waals surface area (Å²) >= 11 is 0. The Kier molecular flexibility index (Phi) is 4.30. The molecule has 0 atom stereocenters. The molecule has 104 valence electrons. The highest BCUT2D eigenvalue weighted by Gasteiger charge is 2.26. The molecule has 0 aromatic heterocycles. The number of esters is 1. The number of rotatable bonds is 4. The summed E-state index contributed by atoms with van der Waals surface area (Å²) in [6.45, 7) is 0. The molecule has 0 heterocycles. The van der Waals surface area contributed by atoms with Crippen molar-refractivity contribution in [3.63, 3.8) is 0 Å². The average Bonchev–Trinajstić information content (AvgIpc) is 2.98. The molecule has 0 N–H and O–H groups in total. The van der Waals surface area contributed by atoms with Gasteiger partial charge in [0.25, 0.3) is 0 Å². The van der Waals surface area contributed by atoms with Crippen molar-refractivity contribution in [2.45, 2.75) is 31.6 Å². The molecule has 1 aromatic carbocycles. The van der Waals surface area contributed by atoms with Crippen LogP contribution in [0.1, 0.15) is 47.5 Å². The van der Waals surface area contributed by atoms with E-state index in [1.54, 1.807) is 26.4 Å². The maximum absolute atomic E-state index is 11.6. The fourth-order valence-electron chi connectivity index (χ4n) is 2.79. The van der Waals surface area contributed by atoms with E-state index in [0.717, 1.165) is 18.4 Å². The normalized spacial score (nSPS) is 15.3. The number of hydrogen-bond acceptors (Lipinski definition) is 4. The van der Waals surface area contributed by atoms with Gasteiger partial charge in [0, 0.05) is 5.56 Å². The van der Waals surface area contributed by atoms with Crippen molar-refractivity contribution >= 4 is 5.97 Å². The van der Waals surface area contributed by atoms with Gasteiger partial charge in [0.05, 0.1) is 26.9 Å². The third-order valence-corrected chi connectivity index (χ3v) is 3.73. The van der Waals surface area contributed by atoms with Crippen LogP contribution in [0.5, 0.6) is 11.5 Å². The zero-order valence-corrected chi connectivity index (χ0v) is 11.7. The molecule has 0 unspecified atom stereocenters. The van der Waals surface area contributed by atoms with E-state index in [-0.39, 0.29) is 5.97 Å². The lowest BCUT2D eigenvalue weighted by atomic mass is 9.94. The van der Waals surface area contributed by atoms with Crippen LogP contribution in [0.25, 0.3) is 0 Å². The molecule has 1 aliphatic rings. The van der Waals surface area contributed by atoms with Gasteiger partial charge in [-0.15, -0.1) is 0 Å². The number of hydrogen-bond donors (Lipinski definition) is 0. The Morgan fingerprint density at radius 3 is 2.00 bits per heavy atom. The summed E-state index contributed by atoms with van der Waals surface area (Å²) in [5.74, 6) is 1.50. The molecule has 4 heteroatoms. The van der Waals surface area contributed by atoms with E-state index >= 15 is 0 Å². The molecular formula is C15H20O4. The van der Waals surface area contributed by atoms with Crippen molar-refractivity contribution < 1.29 is 19.0 Å². The summed E-state index contributed by atoms with van der Waals surface area (Å²) in [6, 6.07) is 3.48. The number of ether oxygens (including phenoxy) is 3. The van der Waals surface area contributed by atoms with E-state index in [1.807, 2.05) is 0 Å². The van der Waals surface area contributed by atoms with Crippen LogP contribution in [-0.2, 0) is 4.74 Å². The molecule has 19 heavy (non-hydrogen) atoms. The number of carbonyl (C=O) groups is 1. The van der Waals surface area contributed by atoms with Crippen LogP contribution in [0.2, 0.25) is 0 Å². The van der Waals surface area contributed by atoms with Crippen molar-refractivity contribution in [3.8, 4) is 11.5 Å².